The second kappa shape index (κ2) is 6.58. The van der Waals surface area contributed by atoms with Gasteiger partial charge in [-0.15, -0.1) is 0 Å². The fraction of sp³-hybridized carbons (Fsp3) is 0.909. The summed E-state index contributed by atoms with van der Waals surface area (Å²) < 4.78 is 16.1. The minimum absolute atomic E-state index is 0.0616. The standard InChI is InChI=1S/C11H19N3O4/c1-6-7(2)10(17-8(3)15)11(16-4)18-9(6)5-13-14-12/h6-7,9-11H,5H2,1-4H3. The lowest BCUT2D eigenvalue weighted by atomic mass is 9.83. The topological polar surface area (TPSA) is 93.5 Å². The molecule has 0 bridgehead atoms. The Kier molecular flexibility index (Phi) is 5.40. The summed E-state index contributed by atoms with van der Waals surface area (Å²) in [6.45, 7) is 5.55. The van der Waals surface area contributed by atoms with Crippen LogP contribution in [0.25, 0.3) is 10.4 Å². The molecule has 1 heterocycles. The maximum Gasteiger partial charge on any atom is 0.303 e. The molecule has 18 heavy (non-hydrogen) atoms. The molecule has 1 aliphatic heterocycles. The molecule has 0 amide bonds. The van der Waals surface area contributed by atoms with Crippen LogP contribution >= 0.6 is 0 Å². The number of carbonyl (C=O) groups excluding carboxylic acids is 1. The molecule has 0 aromatic rings. The molecule has 0 radical (unpaired) electrons. The number of methoxy groups -OCH3 is 1. The molecule has 7 nitrogen and oxygen atoms in total. The monoisotopic (exact) mass is 257 g/mol. The van der Waals surface area contributed by atoms with Crippen molar-refractivity contribution in [2.24, 2.45) is 17.0 Å². The molecule has 1 saturated heterocycles. The highest BCUT2D eigenvalue weighted by atomic mass is 16.7. The summed E-state index contributed by atoms with van der Waals surface area (Å²) in [5.41, 5.74) is 8.35. The van der Waals surface area contributed by atoms with Gasteiger partial charge in [0.05, 0.1) is 12.6 Å². The second-order valence-corrected chi connectivity index (χ2v) is 4.48. The number of carbonyl (C=O) groups is 1. The average Bonchev–Trinajstić information content (AvgIpc) is 2.34. The summed E-state index contributed by atoms with van der Waals surface area (Å²) in [5, 5.41) is 3.53. The number of azide groups is 1. The number of nitrogens with zero attached hydrogens (tertiary/aromatic N) is 3. The molecular weight excluding hydrogens is 238 g/mol. The maximum atomic E-state index is 11.1. The Hall–Kier alpha value is -1.30. The Balaban J connectivity index is 2.79. The van der Waals surface area contributed by atoms with Gasteiger partial charge in [-0.25, -0.2) is 0 Å². The fourth-order valence-corrected chi connectivity index (χ4v) is 2.13. The number of hydrogen-bond acceptors (Lipinski definition) is 5. The van der Waals surface area contributed by atoms with Crippen molar-refractivity contribution >= 4 is 5.97 Å². The van der Waals surface area contributed by atoms with Gasteiger partial charge in [0.15, 0.2) is 12.4 Å². The minimum Gasteiger partial charge on any atom is -0.457 e. The molecule has 1 aliphatic rings. The van der Waals surface area contributed by atoms with Gasteiger partial charge in [0.1, 0.15) is 0 Å². The Morgan fingerprint density at radius 3 is 2.61 bits per heavy atom. The fourth-order valence-electron chi connectivity index (χ4n) is 2.13. The van der Waals surface area contributed by atoms with Crippen LogP contribution in [0.3, 0.4) is 0 Å². The van der Waals surface area contributed by atoms with E-state index in [0.717, 1.165) is 0 Å². The van der Waals surface area contributed by atoms with Crippen molar-refractivity contribution in [2.45, 2.75) is 39.3 Å². The first kappa shape index (κ1) is 14.8. The van der Waals surface area contributed by atoms with Crippen LogP contribution < -0.4 is 0 Å². The number of ether oxygens (including phenoxy) is 3. The van der Waals surface area contributed by atoms with Crippen molar-refractivity contribution in [1.29, 1.82) is 0 Å². The molecule has 1 fully saturated rings. The van der Waals surface area contributed by atoms with Gasteiger partial charge in [-0.2, -0.15) is 0 Å². The van der Waals surface area contributed by atoms with Crippen LogP contribution in [0.15, 0.2) is 5.11 Å². The van der Waals surface area contributed by atoms with E-state index in [4.69, 9.17) is 19.7 Å². The third-order valence-corrected chi connectivity index (χ3v) is 3.37. The second-order valence-electron chi connectivity index (χ2n) is 4.48. The molecule has 7 heteroatoms. The van der Waals surface area contributed by atoms with E-state index in [1.165, 1.54) is 14.0 Å². The first-order valence-electron chi connectivity index (χ1n) is 5.87. The van der Waals surface area contributed by atoms with E-state index in [2.05, 4.69) is 10.0 Å². The number of hydrogen-bond donors (Lipinski definition) is 0. The normalized spacial score (nSPS) is 35.7. The molecule has 0 spiro atoms. The van der Waals surface area contributed by atoms with Crippen LogP contribution in [0.5, 0.6) is 0 Å². The Bertz CT molecular complexity index is 341. The summed E-state index contributed by atoms with van der Waals surface area (Å²) in [6.07, 6.45) is -1.29. The van der Waals surface area contributed by atoms with Gasteiger partial charge in [-0.1, -0.05) is 19.0 Å². The highest BCUT2D eigenvalue weighted by molar-refractivity contribution is 5.66. The van der Waals surface area contributed by atoms with Crippen LogP contribution in [0, 0.1) is 11.8 Å². The van der Waals surface area contributed by atoms with Crippen molar-refractivity contribution < 1.29 is 19.0 Å². The van der Waals surface area contributed by atoms with E-state index >= 15 is 0 Å². The molecule has 0 aromatic carbocycles. The van der Waals surface area contributed by atoms with Crippen LogP contribution in [0.2, 0.25) is 0 Å². The zero-order chi connectivity index (χ0) is 13.7. The smallest absolute Gasteiger partial charge is 0.303 e. The molecular formula is C11H19N3O4. The Labute approximate surface area is 106 Å². The van der Waals surface area contributed by atoms with Crippen molar-refractivity contribution in [3.63, 3.8) is 0 Å². The predicted octanol–water partition coefficient (Wildman–Crippen LogP) is 1.87. The van der Waals surface area contributed by atoms with Gasteiger partial charge in [-0.05, 0) is 11.4 Å². The molecule has 0 aromatic heterocycles. The number of esters is 1. The van der Waals surface area contributed by atoms with Crippen molar-refractivity contribution in [3.05, 3.63) is 10.4 Å². The van der Waals surface area contributed by atoms with E-state index in [9.17, 15) is 4.79 Å². The van der Waals surface area contributed by atoms with Crippen LogP contribution in [-0.2, 0) is 19.0 Å². The Morgan fingerprint density at radius 1 is 1.44 bits per heavy atom. The van der Waals surface area contributed by atoms with Crippen molar-refractivity contribution in [2.75, 3.05) is 13.7 Å². The summed E-state index contributed by atoms with van der Waals surface area (Å²) in [5.74, 6) is -0.198. The SMILES string of the molecule is COC1OC(CN=[N+]=[N-])C(C)C(C)C1OC(C)=O. The third-order valence-electron chi connectivity index (χ3n) is 3.37. The summed E-state index contributed by atoms with van der Waals surface area (Å²) in [6, 6.07) is 0. The van der Waals surface area contributed by atoms with E-state index in [1.807, 2.05) is 13.8 Å². The minimum atomic E-state index is -0.626. The molecule has 102 valence electrons. The van der Waals surface area contributed by atoms with Crippen LogP contribution in [-0.4, -0.2) is 38.1 Å². The largest absolute Gasteiger partial charge is 0.457 e. The maximum absolute atomic E-state index is 11.1. The third kappa shape index (κ3) is 3.35. The molecule has 5 unspecified atom stereocenters. The molecule has 5 atom stereocenters. The lowest BCUT2D eigenvalue weighted by Crippen LogP contribution is -2.52. The summed E-state index contributed by atoms with van der Waals surface area (Å²) in [4.78, 5) is 13.8. The first-order valence-corrected chi connectivity index (χ1v) is 5.87. The lowest BCUT2D eigenvalue weighted by Gasteiger charge is -2.42. The van der Waals surface area contributed by atoms with Gasteiger partial charge in [0.25, 0.3) is 0 Å². The van der Waals surface area contributed by atoms with Crippen molar-refractivity contribution in [1.82, 2.24) is 0 Å². The highest BCUT2D eigenvalue weighted by Crippen LogP contribution is 2.33. The van der Waals surface area contributed by atoms with Crippen molar-refractivity contribution in [3.8, 4) is 0 Å². The highest BCUT2D eigenvalue weighted by Gasteiger charge is 2.43. The first-order chi connectivity index (χ1) is 8.51. The molecule has 0 N–H and O–H groups in total. The van der Waals surface area contributed by atoms with Gasteiger partial charge in [0, 0.05) is 24.9 Å². The van der Waals surface area contributed by atoms with Gasteiger partial charge in [0.2, 0.25) is 0 Å². The molecule has 0 aliphatic carbocycles. The van der Waals surface area contributed by atoms with E-state index in [1.54, 1.807) is 0 Å². The van der Waals surface area contributed by atoms with E-state index < -0.39 is 12.4 Å². The zero-order valence-electron chi connectivity index (χ0n) is 11.1. The van der Waals surface area contributed by atoms with Crippen LogP contribution in [0.4, 0.5) is 0 Å². The van der Waals surface area contributed by atoms with Gasteiger partial charge in [-0.3, -0.25) is 4.79 Å². The van der Waals surface area contributed by atoms with Gasteiger partial charge >= 0.3 is 5.97 Å². The van der Waals surface area contributed by atoms with Gasteiger partial charge < -0.3 is 14.2 Å². The quantitative estimate of drug-likeness (QED) is 0.332. The Morgan fingerprint density at radius 2 is 2.11 bits per heavy atom. The van der Waals surface area contributed by atoms with E-state index in [-0.39, 0.29) is 30.5 Å². The zero-order valence-corrected chi connectivity index (χ0v) is 11.1. The summed E-state index contributed by atoms with van der Waals surface area (Å²) in [7, 11) is 1.49. The van der Waals surface area contributed by atoms with E-state index in [0.29, 0.717) is 0 Å². The molecule has 1 rings (SSSR count). The summed E-state index contributed by atoms with van der Waals surface area (Å²) >= 11 is 0. The number of rotatable bonds is 4. The van der Waals surface area contributed by atoms with Crippen LogP contribution in [0.1, 0.15) is 20.8 Å². The molecule has 0 saturated carbocycles. The average molecular weight is 257 g/mol. The lowest BCUT2D eigenvalue weighted by molar-refractivity contribution is -0.264. The predicted molar refractivity (Wildman–Crippen MR) is 63.6 cm³/mol.